The maximum atomic E-state index is 6.20. The Morgan fingerprint density at radius 1 is 1.24 bits per heavy atom. The molecule has 0 aliphatic carbocycles. The minimum atomic E-state index is 0.114. The molecule has 114 valence electrons. The first kappa shape index (κ1) is 16.3. The zero-order valence-corrected chi connectivity index (χ0v) is 14.6. The summed E-state index contributed by atoms with van der Waals surface area (Å²) >= 11 is 8.03. The quantitative estimate of drug-likeness (QED) is 0.797. The first-order valence-electron chi connectivity index (χ1n) is 7.20. The number of thiophene rings is 1. The van der Waals surface area contributed by atoms with Crippen LogP contribution in [-0.4, -0.2) is 13.7 Å². The van der Waals surface area contributed by atoms with Crippen molar-refractivity contribution in [2.24, 2.45) is 0 Å². The van der Waals surface area contributed by atoms with Crippen LogP contribution in [0.4, 0.5) is 0 Å². The van der Waals surface area contributed by atoms with E-state index in [1.165, 1.54) is 15.3 Å². The Kier molecular flexibility index (Phi) is 5.68. The summed E-state index contributed by atoms with van der Waals surface area (Å²) < 4.78 is 5.53. The Morgan fingerprint density at radius 3 is 2.57 bits per heavy atom. The van der Waals surface area contributed by atoms with E-state index in [1.54, 1.807) is 7.11 Å². The van der Waals surface area contributed by atoms with Gasteiger partial charge in [0.2, 0.25) is 0 Å². The fraction of sp³-hybridized carbons (Fsp3) is 0.412. The number of nitrogens with one attached hydrogen (secondary N) is 1. The van der Waals surface area contributed by atoms with Gasteiger partial charge >= 0.3 is 0 Å². The van der Waals surface area contributed by atoms with Crippen LogP contribution in [0.2, 0.25) is 5.02 Å². The summed E-state index contributed by atoms with van der Waals surface area (Å²) in [6, 6.07) is 8.18. The summed E-state index contributed by atoms with van der Waals surface area (Å²) in [5, 5.41) is 4.36. The maximum absolute atomic E-state index is 6.20. The van der Waals surface area contributed by atoms with E-state index in [4.69, 9.17) is 16.3 Å². The topological polar surface area (TPSA) is 21.3 Å². The van der Waals surface area contributed by atoms with Gasteiger partial charge in [0.1, 0.15) is 5.75 Å². The van der Waals surface area contributed by atoms with Crippen LogP contribution in [0.5, 0.6) is 5.75 Å². The lowest BCUT2D eigenvalue weighted by atomic mass is 9.98. The molecule has 2 rings (SSSR count). The first-order chi connectivity index (χ1) is 10.1. The summed E-state index contributed by atoms with van der Waals surface area (Å²) in [5.74, 6) is 0.872. The Bertz CT molecular complexity index is 609. The van der Waals surface area contributed by atoms with Gasteiger partial charge in [0, 0.05) is 20.3 Å². The highest BCUT2D eigenvalue weighted by molar-refractivity contribution is 7.12. The van der Waals surface area contributed by atoms with Crippen LogP contribution in [0.1, 0.15) is 40.3 Å². The maximum Gasteiger partial charge on any atom is 0.124 e. The standard InChI is InChI=1S/C17H22ClNOS/c1-5-8-19-17(14-9-11(2)21-12(14)3)15-10-13(18)6-7-16(15)20-4/h6-7,9-10,17,19H,5,8H2,1-4H3. The van der Waals surface area contributed by atoms with E-state index in [0.29, 0.717) is 0 Å². The van der Waals surface area contributed by atoms with Crippen molar-refractivity contribution in [2.75, 3.05) is 13.7 Å². The average Bonchev–Trinajstić information content (AvgIpc) is 2.78. The fourth-order valence-electron chi connectivity index (χ4n) is 2.54. The van der Waals surface area contributed by atoms with Crippen LogP contribution in [0.25, 0.3) is 0 Å². The molecular weight excluding hydrogens is 302 g/mol. The highest BCUT2D eigenvalue weighted by Crippen LogP contribution is 2.36. The number of hydrogen-bond donors (Lipinski definition) is 1. The molecule has 0 bridgehead atoms. The Morgan fingerprint density at radius 2 is 2.00 bits per heavy atom. The second-order valence-electron chi connectivity index (χ2n) is 5.14. The highest BCUT2D eigenvalue weighted by Gasteiger charge is 2.21. The molecule has 1 aromatic carbocycles. The van der Waals surface area contributed by atoms with Crippen molar-refractivity contribution in [3.63, 3.8) is 0 Å². The summed E-state index contributed by atoms with van der Waals surface area (Å²) in [4.78, 5) is 2.66. The summed E-state index contributed by atoms with van der Waals surface area (Å²) in [5.41, 5.74) is 2.41. The van der Waals surface area contributed by atoms with Crippen molar-refractivity contribution in [3.8, 4) is 5.75 Å². The molecule has 1 unspecified atom stereocenters. The lowest BCUT2D eigenvalue weighted by molar-refractivity contribution is 0.404. The Hall–Kier alpha value is -1.03. The average molecular weight is 324 g/mol. The van der Waals surface area contributed by atoms with Crippen LogP contribution in [-0.2, 0) is 0 Å². The van der Waals surface area contributed by atoms with Crippen molar-refractivity contribution in [2.45, 2.75) is 33.2 Å². The SMILES string of the molecule is CCCNC(c1cc(Cl)ccc1OC)c1cc(C)sc1C. The molecule has 0 aliphatic rings. The lowest BCUT2D eigenvalue weighted by Crippen LogP contribution is -2.24. The molecule has 0 spiro atoms. The van der Waals surface area contributed by atoms with Gasteiger partial charge in [-0.05, 0) is 56.6 Å². The van der Waals surface area contributed by atoms with Gasteiger partial charge in [-0.3, -0.25) is 0 Å². The molecule has 2 aromatic rings. The number of rotatable bonds is 6. The number of methoxy groups -OCH3 is 1. The molecule has 0 aliphatic heterocycles. The molecule has 0 amide bonds. The van der Waals surface area contributed by atoms with Crippen LogP contribution in [0, 0.1) is 13.8 Å². The van der Waals surface area contributed by atoms with Gasteiger partial charge in [0.15, 0.2) is 0 Å². The number of aryl methyl sites for hydroxylation is 2. The second-order valence-corrected chi connectivity index (χ2v) is 7.04. The molecular formula is C17H22ClNOS. The molecule has 0 saturated carbocycles. The molecule has 2 nitrogen and oxygen atoms in total. The van der Waals surface area contributed by atoms with E-state index >= 15 is 0 Å². The van der Waals surface area contributed by atoms with Crippen LogP contribution in [0.15, 0.2) is 24.3 Å². The molecule has 21 heavy (non-hydrogen) atoms. The predicted octanol–water partition coefficient (Wildman–Crippen LogP) is 5.12. The minimum absolute atomic E-state index is 0.114. The normalized spacial score (nSPS) is 12.4. The molecule has 4 heteroatoms. The molecule has 1 N–H and O–H groups in total. The monoisotopic (exact) mass is 323 g/mol. The van der Waals surface area contributed by atoms with Crippen LogP contribution >= 0.6 is 22.9 Å². The smallest absolute Gasteiger partial charge is 0.124 e. The van der Waals surface area contributed by atoms with Crippen molar-refractivity contribution < 1.29 is 4.74 Å². The second kappa shape index (κ2) is 7.30. The van der Waals surface area contributed by atoms with Crippen molar-refractivity contribution in [1.29, 1.82) is 0 Å². The minimum Gasteiger partial charge on any atom is -0.496 e. The molecule has 0 radical (unpaired) electrons. The molecule has 0 saturated heterocycles. The number of ether oxygens (including phenoxy) is 1. The zero-order valence-electron chi connectivity index (χ0n) is 13.0. The van der Waals surface area contributed by atoms with E-state index in [-0.39, 0.29) is 6.04 Å². The number of halogens is 1. The highest BCUT2D eigenvalue weighted by atomic mass is 35.5. The van der Waals surface area contributed by atoms with Crippen molar-refractivity contribution >= 4 is 22.9 Å². The van der Waals surface area contributed by atoms with Gasteiger partial charge in [0.25, 0.3) is 0 Å². The van der Waals surface area contributed by atoms with E-state index in [1.807, 2.05) is 29.5 Å². The van der Waals surface area contributed by atoms with Crippen molar-refractivity contribution in [1.82, 2.24) is 5.32 Å². The molecule has 1 heterocycles. The van der Waals surface area contributed by atoms with Gasteiger partial charge in [0.05, 0.1) is 13.2 Å². The van der Waals surface area contributed by atoms with E-state index in [9.17, 15) is 0 Å². The molecule has 0 fully saturated rings. The van der Waals surface area contributed by atoms with Gasteiger partial charge in [-0.15, -0.1) is 11.3 Å². The molecule has 1 aromatic heterocycles. The van der Waals surface area contributed by atoms with E-state index in [0.717, 1.165) is 29.3 Å². The van der Waals surface area contributed by atoms with Crippen LogP contribution in [0.3, 0.4) is 0 Å². The number of hydrogen-bond acceptors (Lipinski definition) is 3. The largest absolute Gasteiger partial charge is 0.496 e. The van der Waals surface area contributed by atoms with Gasteiger partial charge < -0.3 is 10.1 Å². The summed E-state index contributed by atoms with van der Waals surface area (Å²) in [6.45, 7) is 7.44. The zero-order chi connectivity index (χ0) is 15.4. The van der Waals surface area contributed by atoms with Crippen molar-refractivity contribution in [3.05, 3.63) is 50.2 Å². The van der Waals surface area contributed by atoms with Gasteiger partial charge in [-0.1, -0.05) is 18.5 Å². The lowest BCUT2D eigenvalue weighted by Gasteiger charge is -2.22. The predicted molar refractivity (Wildman–Crippen MR) is 91.9 cm³/mol. The van der Waals surface area contributed by atoms with E-state index in [2.05, 4.69) is 32.2 Å². The Labute approximate surface area is 136 Å². The number of benzene rings is 1. The summed E-state index contributed by atoms with van der Waals surface area (Å²) in [7, 11) is 1.70. The van der Waals surface area contributed by atoms with Crippen LogP contribution < -0.4 is 10.1 Å². The molecule has 1 atom stereocenters. The summed E-state index contributed by atoms with van der Waals surface area (Å²) in [6.07, 6.45) is 1.08. The fourth-order valence-corrected chi connectivity index (χ4v) is 3.69. The van der Waals surface area contributed by atoms with Gasteiger partial charge in [-0.25, -0.2) is 0 Å². The Balaban J connectivity index is 2.50. The third-order valence-corrected chi connectivity index (χ3v) is 4.71. The first-order valence-corrected chi connectivity index (χ1v) is 8.40. The third-order valence-electron chi connectivity index (χ3n) is 3.49. The van der Waals surface area contributed by atoms with Gasteiger partial charge in [-0.2, -0.15) is 0 Å². The van der Waals surface area contributed by atoms with E-state index < -0.39 is 0 Å². The third kappa shape index (κ3) is 3.79.